The number of hydrogen-bond acceptors (Lipinski definition) is 6. The summed E-state index contributed by atoms with van der Waals surface area (Å²) in [4.78, 5) is 12.4. The van der Waals surface area contributed by atoms with Gasteiger partial charge in [0.25, 0.3) is 0 Å². The third-order valence-corrected chi connectivity index (χ3v) is 8.04. The molecule has 3 atom stereocenters. The summed E-state index contributed by atoms with van der Waals surface area (Å²) in [5.74, 6) is 0.795. The molecule has 1 aromatic carbocycles. The quantitative estimate of drug-likeness (QED) is 0.226. The normalized spacial score (nSPS) is 22.8. The van der Waals surface area contributed by atoms with E-state index < -0.39 is 6.10 Å². The monoisotopic (exact) mass is 687 g/mol. The molecule has 2 aliphatic carbocycles. The zero-order valence-electron chi connectivity index (χ0n) is 19.9. The molecule has 1 aromatic rings. The third-order valence-electron chi connectivity index (χ3n) is 6.75. The number of carbonyl (C=O) groups is 1. The fourth-order valence-electron chi connectivity index (χ4n) is 4.93. The second-order valence-corrected chi connectivity index (χ2v) is 10.6. The first-order valence-corrected chi connectivity index (χ1v) is 12.5. The SMILES string of the molecule is COC(=O)c1ccc(CSC2=C(O)CC(O)[C@@H]2/C=C/CC(O)C2(CC(C)C)CCC2)cc1.[Ac]. The van der Waals surface area contributed by atoms with E-state index in [1.807, 2.05) is 24.3 Å². The Hall–Kier alpha value is -0.318. The largest absolute Gasteiger partial charge is 0.511 e. The van der Waals surface area contributed by atoms with Crippen molar-refractivity contribution in [2.45, 2.75) is 70.3 Å². The molecule has 0 aliphatic heterocycles. The van der Waals surface area contributed by atoms with Gasteiger partial charge in [0, 0.05) is 67.1 Å². The van der Waals surface area contributed by atoms with E-state index in [9.17, 15) is 20.1 Å². The van der Waals surface area contributed by atoms with Crippen LogP contribution in [-0.4, -0.2) is 40.6 Å². The molecule has 1 saturated carbocycles. The number of methoxy groups -OCH3 is 1. The van der Waals surface area contributed by atoms with Gasteiger partial charge in [0.05, 0.1) is 24.9 Å². The molecule has 7 heteroatoms. The first kappa shape index (κ1) is 28.9. The number of rotatable bonds is 10. The third kappa shape index (κ3) is 7.34. The van der Waals surface area contributed by atoms with Crippen LogP contribution in [0.4, 0.5) is 0 Å². The molecule has 0 amide bonds. The van der Waals surface area contributed by atoms with Crippen LogP contribution in [0.5, 0.6) is 0 Å². The summed E-state index contributed by atoms with van der Waals surface area (Å²) >= 11 is 1.51. The van der Waals surface area contributed by atoms with Crippen LogP contribution in [-0.2, 0) is 10.5 Å². The van der Waals surface area contributed by atoms with Crippen molar-refractivity contribution in [2.24, 2.45) is 17.3 Å². The molecule has 3 rings (SSSR count). The van der Waals surface area contributed by atoms with Crippen LogP contribution in [0.1, 0.15) is 68.3 Å². The topological polar surface area (TPSA) is 87.0 Å². The molecule has 0 saturated heterocycles. The number of aliphatic hydroxyl groups is 3. The van der Waals surface area contributed by atoms with Crippen LogP contribution in [0.3, 0.4) is 0 Å². The molecule has 0 heterocycles. The predicted octanol–water partition coefficient (Wildman–Crippen LogP) is 5.38. The fourth-order valence-corrected chi connectivity index (χ4v) is 6.12. The van der Waals surface area contributed by atoms with E-state index in [0.717, 1.165) is 29.7 Å². The van der Waals surface area contributed by atoms with Crippen LogP contribution in [0, 0.1) is 61.3 Å². The van der Waals surface area contributed by atoms with Gasteiger partial charge in [0.15, 0.2) is 0 Å². The zero-order valence-corrected chi connectivity index (χ0v) is 25.4. The summed E-state index contributed by atoms with van der Waals surface area (Å²) in [6.07, 6.45) is 8.13. The van der Waals surface area contributed by atoms with E-state index >= 15 is 0 Å². The predicted molar refractivity (Wildman–Crippen MR) is 128 cm³/mol. The average Bonchev–Trinajstić information content (AvgIpc) is 3.01. The van der Waals surface area contributed by atoms with Gasteiger partial charge < -0.3 is 20.1 Å². The second-order valence-electron chi connectivity index (χ2n) is 9.58. The van der Waals surface area contributed by atoms with Crippen molar-refractivity contribution in [2.75, 3.05) is 7.11 Å². The molecule has 5 nitrogen and oxygen atoms in total. The maximum absolute atomic E-state index is 11.6. The van der Waals surface area contributed by atoms with Gasteiger partial charge in [0.1, 0.15) is 5.76 Å². The van der Waals surface area contributed by atoms with E-state index in [2.05, 4.69) is 13.8 Å². The van der Waals surface area contributed by atoms with Crippen molar-refractivity contribution in [3.05, 3.63) is 58.2 Å². The maximum Gasteiger partial charge on any atom is 0.337 e. The minimum Gasteiger partial charge on any atom is -0.511 e. The van der Waals surface area contributed by atoms with Crippen LogP contribution >= 0.6 is 11.8 Å². The summed E-state index contributed by atoms with van der Waals surface area (Å²) in [5, 5.41) is 31.7. The molecule has 0 spiro atoms. The summed E-state index contributed by atoms with van der Waals surface area (Å²) < 4.78 is 4.72. The first-order valence-electron chi connectivity index (χ1n) is 11.5. The minimum absolute atomic E-state index is 0. The summed E-state index contributed by atoms with van der Waals surface area (Å²) in [7, 11) is 1.36. The van der Waals surface area contributed by atoms with E-state index in [1.54, 1.807) is 12.1 Å². The van der Waals surface area contributed by atoms with Crippen molar-refractivity contribution < 1.29 is 68.9 Å². The Bertz CT molecular complexity index is 845. The Balaban J connectivity index is 0.00000385. The Labute approximate surface area is 237 Å². The van der Waals surface area contributed by atoms with Gasteiger partial charge in [-0.2, -0.15) is 0 Å². The number of carbonyl (C=O) groups excluding carboxylic acids is 1. The van der Waals surface area contributed by atoms with Gasteiger partial charge >= 0.3 is 5.97 Å². The van der Waals surface area contributed by atoms with E-state index in [-0.39, 0.29) is 79.6 Å². The van der Waals surface area contributed by atoms with Crippen LogP contribution in [0.25, 0.3) is 0 Å². The Morgan fingerprint density at radius 2 is 1.94 bits per heavy atom. The average molecular weight is 688 g/mol. The van der Waals surface area contributed by atoms with E-state index in [0.29, 0.717) is 23.7 Å². The molecular weight excluding hydrogens is 651 g/mol. The fraction of sp³-hybridized carbons (Fsp3) is 0.577. The van der Waals surface area contributed by atoms with Gasteiger partial charge in [-0.15, -0.1) is 11.8 Å². The second kappa shape index (κ2) is 13.1. The van der Waals surface area contributed by atoms with Crippen molar-refractivity contribution >= 4 is 17.7 Å². The number of hydrogen-bond donors (Lipinski definition) is 3. The molecule has 0 aromatic heterocycles. The van der Waals surface area contributed by atoms with Gasteiger partial charge in [0.2, 0.25) is 0 Å². The molecule has 1 fully saturated rings. The summed E-state index contributed by atoms with van der Waals surface area (Å²) in [6, 6.07) is 7.20. The molecule has 0 bridgehead atoms. The van der Waals surface area contributed by atoms with Crippen LogP contribution < -0.4 is 0 Å². The van der Waals surface area contributed by atoms with Crippen molar-refractivity contribution in [3.63, 3.8) is 0 Å². The first-order chi connectivity index (χ1) is 15.3. The number of esters is 1. The number of benzene rings is 1. The number of thioether (sulfide) groups is 1. The van der Waals surface area contributed by atoms with Crippen molar-refractivity contribution in [1.82, 2.24) is 0 Å². The van der Waals surface area contributed by atoms with Gasteiger partial charge in [-0.3, -0.25) is 0 Å². The van der Waals surface area contributed by atoms with Gasteiger partial charge in [-0.05, 0) is 54.7 Å². The molecule has 2 aliphatic rings. The Kier molecular flexibility index (Phi) is 11.5. The van der Waals surface area contributed by atoms with Crippen molar-refractivity contribution in [3.8, 4) is 0 Å². The van der Waals surface area contributed by atoms with Crippen molar-refractivity contribution in [1.29, 1.82) is 0 Å². The zero-order chi connectivity index (χ0) is 23.3. The Morgan fingerprint density at radius 3 is 2.48 bits per heavy atom. The van der Waals surface area contributed by atoms with Crippen LogP contribution in [0.15, 0.2) is 47.1 Å². The smallest absolute Gasteiger partial charge is 0.337 e. The molecule has 33 heavy (non-hydrogen) atoms. The molecule has 1 radical (unpaired) electrons. The Morgan fingerprint density at radius 1 is 1.27 bits per heavy atom. The maximum atomic E-state index is 11.6. The standard InChI is InChI=1S/C26H36O5S.Ac/c1-17(2)15-26(12-5-13-26)23(29)7-4-6-20-21(27)14-22(28)24(20)32-16-18-8-10-19(11-9-18)25(30)31-3;/h4,6,8-11,17,20-21,23,27-29H,5,7,12-16H2,1-3H3;/b6-4+;/t20-,21?,23?;/m0./s1. The van der Waals surface area contributed by atoms with E-state index in [4.69, 9.17) is 4.74 Å². The summed E-state index contributed by atoms with van der Waals surface area (Å²) in [5.41, 5.74) is 1.56. The number of aliphatic hydroxyl groups excluding tert-OH is 3. The minimum atomic E-state index is -0.652. The van der Waals surface area contributed by atoms with Crippen LogP contribution in [0.2, 0.25) is 0 Å². The number of ether oxygens (including phenoxy) is 1. The molecule has 179 valence electrons. The molecule has 2 unspecified atom stereocenters. The van der Waals surface area contributed by atoms with Gasteiger partial charge in [-0.25, -0.2) is 4.79 Å². The van der Waals surface area contributed by atoms with E-state index in [1.165, 1.54) is 25.3 Å². The van der Waals surface area contributed by atoms with Gasteiger partial charge in [-0.1, -0.05) is 44.6 Å². The molecule has 3 N–H and O–H groups in total. The molecular formula is C26H36AcO5S. The summed E-state index contributed by atoms with van der Waals surface area (Å²) in [6.45, 7) is 4.41.